The Balaban J connectivity index is 3.91. The maximum absolute atomic E-state index is 12.5. The van der Waals surface area contributed by atoms with Crippen LogP contribution in [0.4, 0.5) is 0 Å². The molecule has 0 radical (unpaired) electrons. The van der Waals surface area contributed by atoms with Gasteiger partial charge in [-0.05, 0) is 70.9 Å². The van der Waals surface area contributed by atoms with Crippen molar-refractivity contribution in [2.24, 2.45) is 0 Å². The van der Waals surface area contributed by atoms with E-state index in [1.807, 2.05) is 0 Å². The van der Waals surface area contributed by atoms with E-state index in [1.54, 1.807) is 0 Å². The lowest BCUT2D eigenvalue weighted by Crippen LogP contribution is -2.29. The van der Waals surface area contributed by atoms with Gasteiger partial charge in [0.15, 0.2) is 0 Å². The first-order valence-corrected chi connectivity index (χ1v) is 19.8. The zero-order valence-corrected chi connectivity index (χ0v) is 30.4. The fourth-order valence-corrected chi connectivity index (χ4v) is 5.99. The first kappa shape index (κ1) is 43.9. The van der Waals surface area contributed by atoms with Crippen molar-refractivity contribution in [2.45, 2.75) is 207 Å². The lowest BCUT2D eigenvalue weighted by atomic mass is 10.0. The molecule has 0 bridgehead atoms. The summed E-state index contributed by atoms with van der Waals surface area (Å²) in [6.45, 7) is 10.2. The molecule has 268 valence electrons. The quantitative estimate of drug-likeness (QED) is 0.0543. The smallest absolute Gasteiger partial charge is 0.306 e. The van der Waals surface area contributed by atoms with Crippen LogP contribution in [0.5, 0.6) is 0 Å². The lowest BCUT2D eigenvalue weighted by molar-refractivity contribution is -0.150. The standard InChI is InChI=1S/C39H77NO5/c1-4-7-10-13-14-19-27-36-44-38(42)30-24-20-26-33-40(34-35-41)32-25-18-15-17-23-31-39(43)45-37(28-21-12-9-6-3)29-22-16-11-8-5-2/h37,41H,4-36H2,1-3H3. The van der Waals surface area contributed by atoms with Crippen molar-refractivity contribution in [3.63, 3.8) is 0 Å². The van der Waals surface area contributed by atoms with Crippen molar-refractivity contribution >= 4 is 11.9 Å². The third-order valence-electron chi connectivity index (χ3n) is 8.95. The van der Waals surface area contributed by atoms with Gasteiger partial charge < -0.3 is 19.5 Å². The minimum Gasteiger partial charge on any atom is -0.466 e. The number of rotatable bonds is 36. The minimum atomic E-state index is -0.0542. The second-order valence-electron chi connectivity index (χ2n) is 13.4. The van der Waals surface area contributed by atoms with Crippen LogP contribution < -0.4 is 0 Å². The van der Waals surface area contributed by atoms with E-state index in [0.29, 0.717) is 26.0 Å². The highest BCUT2D eigenvalue weighted by Gasteiger charge is 2.14. The first-order chi connectivity index (χ1) is 22.1. The summed E-state index contributed by atoms with van der Waals surface area (Å²) in [6.07, 6.45) is 31.4. The molecule has 45 heavy (non-hydrogen) atoms. The van der Waals surface area contributed by atoms with Crippen LogP contribution in [0.1, 0.15) is 201 Å². The molecule has 0 aromatic heterocycles. The normalized spacial score (nSPS) is 12.1. The third kappa shape index (κ3) is 32.6. The van der Waals surface area contributed by atoms with E-state index in [4.69, 9.17) is 9.47 Å². The van der Waals surface area contributed by atoms with Gasteiger partial charge in [-0.2, -0.15) is 0 Å². The number of nitrogens with zero attached hydrogens (tertiary/aromatic N) is 1. The zero-order chi connectivity index (χ0) is 33.1. The molecule has 6 nitrogen and oxygen atoms in total. The largest absolute Gasteiger partial charge is 0.466 e. The number of aliphatic hydroxyl groups is 1. The second kappa shape index (κ2) is 35.7. The summed E-state index contributed by atoms with van der Waals surface area (Å²) in [5.74, 6) is -0.0545. The lowest BCUT2D eigenvalue weighted by Gasteiger charge is -2.21. The molecule has 0 rings (SSSR count). The predicted molar refractivity (Wildman–Crippen MR) is 191 cm³/mol. The van der Waals surface area contributed by atoms with Gasteiger partial charge in [0, 0.05) is 19.4 Å². The zero-order valence-electron chi connectivity index (χ0n) is 30.4. The molecular formula is C39H77NO5. The van der Waals surface area contributed by atoms with E-state index in [0.717, 1.165) is 90.1 Å². The summed E-state index contributed by atoms with van der Waals surface area (Å²) in [5, 5.41) is 9.48. The average Bonchev–Trinajstić information content (AvgIpc) is 3.03. The minimum absolute atomic E-state index is 0.000371. The van der Waals surface area contributed by atoms with Crippen LogP contribution in [-0.4, -0.2) is 60.9 Å². The van der Waals surface area contributed by atoms with Crippen LogP contribution in [0.3, 0.4) is 0 Å². The highest BCUT2D eigenvalue weighted by atomic mass is 16.5. The van der Waals surface area contributed by atoms with Crippen LogP contribution in [0.2, 0.25) is 0 Å². The number of hydrogen-bond donors (Lipinski definition) is 1. The maximum atomic E-state index is 12.5. The topological polar surface area (TPSA) is 76.1 Å². The molecule has 1 N–H and O–H groups in total. The molecule has 0 fully saturated rings. The molecule has 1 atom stereocenters. The molecular weight excluding hydrogens is 562 g/mol. The van der Waals surface area contributed by atoms with Gasteiger partial charge in [-0.25, -0.2) is 0 Å². The number of unbranched alkanes of at least 4 members (excludes halogenated alkanes) is 19. The number of esters is 2. The number of carbonyl (C=O) groups is 2. The molecule has 0 aromatic carbocycles. The summed E-state index contributed by atoms with van der Waals surface area (Å²) in [5.41, 5.74) is 0. The van der Waals surface area contributed by atoms with Gasteiger partial charge in [-0.15, -0.1) is 0 Å². The molecule has 0 aliphatic carbocycles. The molecule has 6 heteroatoms. The Kier molecular flexibility index (Phi) is 34.8. The number of ether oxygens (including phenoxy) is 2. The van der Waals surface area contributed by atoms with Crippen LogP contribution in [0.25, 0.3) is 0 Å². The second-order valence-corrected chi connectivity index (χ2v) is 13.4. The van der Waals surface area contributed by atoms with E-state index < -0.39 is 0 Å². The van der Waals surface area contributed by atoms with Gasteiger partial charge in [0.05, 0.1) is 13.2 Å². The van der Waals surface area contributed by atoms with Gasteiger partial charge in [0.2, 0.25) is 0 Å². The SMILES string of the molecule is CCCCCCCCCOC(=O)CCCCCN(CCO)CCCCCCCC(=O)OC(CCCCCC)CCCCCCC. The van der Waals surface area contributed by atoms with Crippen LogP contribution >= 0.6 is 0 Å². The number of hydrogen-bond acceptors (Lipinski definition) is 6. The van der Waals surface area contributed by atoms with Gasteiger partial charge in [-0.3, -0.25) is 9.59 Å². The first-order valence-electron chi connectivity index (χ1n) is 19.8. The van der Waals surface area contributed by atoms with Gasteiger partial charge in [0.1, 0.15) is 6.10 Å². The molecule has 0 saturated heterocycles. The molecule has 0 spiro atoms. The third-order valence-corrected chi connectivity index (χ3v) is 8.95. The molecule has 0 aromatic rings. The number of aliphatic hydroxyl groups excluding tert-OH is 1. The molecule has 1 unspecified atom stereocenters. The molecule has 0 aliphatic rings. The van der Waals surface area contributed by atoms with E-state index >= 15 is 0 Å². The van der Waals surface area contributed by atoms with Crippen molar-refractivity contribution in [1.29, 1.82) is 0 Å². The summed E-state index contributed by atoms with van der Waals surface area (Å²) in [6, 6.07) is 0. The van der Waals surface area contributed by atoms with Gasteiger partial charge >= 0.3 is 11.9 Å². The van der Waals surface area contributed by atoms with E-state index in [9.17, 15) is 14.7 Å². The number of carbonyl (C=O) groups excluding carboxylic acids is 2. The Morgan fingerprint density at radius 2 is 0.933 bits per heavy atom. The molecule has 0 heterocycles. The summed E-state index contributed by atoms with van der Waals surface area (Å²) >= 11 is 0. The average molecular weight is 640 g/mol. The Labute approximate surface area is 280 Å². The maximum Gasteiger partial charge on any atom is 0.306 e. The fourth-order valence-electron chi connectivity index (χ4n) is 5.99. The summed E-state index contributed by atoms with van der Waals surface area (Å²) in [7, 11) is 0. The van der Waals surface area contributed by atoms with E-state index in [2.05, 4.69) is 25.7 Å². The fraction of sp³-hybridized carbons (Fsp3) is 0.949. The van der Waals surface area contributed by atoms with E-state index in [-0.39, 0.29) is 24.6 Å². The van der Waals surface area contributed by atoms with Crippen molar-refractivity contribution < 1.29 is 24.2 Å². The van der Waals surface area contributed by atoms with Crippen molar-refractivity contribution in [3.05, 3.63) is 0 Å². The van der Waals surface area contributed by atoms with Crippen molar-refractivity contribution in [1.82, 2.24) is 4.90 Å². The Morgan fingerprint density at radius 1 is 0.511 bits per heavy atom. The Hall–Kier alpha value is -1.14. The highest BCUT2D eigenvalue weighted by Crippen LogP contribution is 2.18. The van der Waals surface area contributed by atoms with Crippen molar-refractivity contribution in [2.75, 3.05) is 32.8 Å². The van der Waals surface area contributed by atoms with Crippen molar-refractivity contribution in [3.8, 4) is 0 Å². The Bertz CT molecular complexity index is 629. The molecule has 0 saturated carbocycles. The monoisotopic (exact) mass is 640 g/mol. The molecule has 0 aliphatic heterocycles. The van der Waals surface area contributed by atoms with Crippen LogP contribution in [0, 0.1) is 0 Å². The van der Waals surface area contributed by atoms with Crippen LogP contribution in [-0.2, 0) is 19.1 Å². The molecule has 0 amide bonds. The van der Waals surface area contributed by atoms with Crippen LogP contribution in [0.15, 0.2) is 0 Å². The predicted octanol–water partition coefficient (Wildman–Crippen LogP) is 10.7. The van der Waals surface area contributed by atoms with Gasteiger partial charge in [0.25, 0.3) is 0 Å². The summed E-state index contributed by atoms with van der Waals surface area (Å²) < 4.78 is 11.3. The highest BCUT2D eigenvalue weighted by molar-refractivity contribution is 5.69. The van der Waals surface area contributed by atoms with E-state index in [1.165, 1.54) is 89.9 Å². The Morgan fingerprint density at radius 3 is 1.49 bits per heavy atom. The summed E-state index contributed by atoms with van der Waals surface area (Å²) in [4.78, 5) is 26.9. The van der Waals surface area contributed by atoms with Gasteiger partial charge in [-0.1, -0.05) is 130 Å².